The van der Waals surface area contributed by atoms with Gasteiger partial charge in [0.25, 0.3) is 0 Å². The minimum Gasteiger partial charge on any atom is -0.497 e. The van der Waals surface area contributed by atoms with Crippen LogP contribution in [0.15, 0.2) is 36.7 Å². The predicted octanol–water partition coefficient (Wildman–Crippen LogP) is 2.58. The molecular weight excluding hydrogens is 331 g/mol. The lowest BCUT2D eigenvalue weighted by Gasteiger charge is -2.06. The predicted molar refractivity (Wildman–Crippen MR) is 73.4 cm³/mol. The molecule has 0 radical (unpaired) electrons. The Morgan fingerprint density at radius 2 is 1.94 bits per heavy atom. The Labute approximate surface area is 114 Å². The first-order valence-corrected chi connectivity index (χ1v) is 6.30. The summed E-state index contributed by atoms with van der Waals surface area (Å²) in [6, 6.07) is 7.55. The van der Waals surface area contributed by atoms with E-state index in [1.165, 1.54) is 0 Å². The van der Waals surface area contributed by atoms with E-state index in [1.54, 1.807) is 7.11 Å². The highest BCUT2D eigenvalue weighted by Gasteiger charge is 1.97. The molecule has 4 nitrogen and oxygen atoms in total. The number of ether oxygens (including phenoxy) is 2. The molecule has 90 valence electrons. The Morgan fingerprint density at radius 3 is 2.53 bits per heavy atom. The molecular formula is C12H13IN2O2. The summed E-state index contributed by atoms with van der Waals surface area (Å²) >= 11 is 2.23. The molecule has 2 aromatic rings. The van der Waals surface area contributed by atoms with Crippen LogP contribution in [-0.2, 0) is 6.54 Å². The first-order chi connectivity index (χ1) is 8.28. The van der Waals surface area contributed by atoms with Crippen molar-refractivity contribution in [3.05, 3.63) is 40.2 Å². The normalized spacial score (nSPS) is 10.2. The number of hydrogen-bond acceptors (Lipinski definition) is 3. The molecule has 0 fully saturated rings. The van der Waals surface area contributed by atoms with Crippen molar-refractivity contribution in [1.82, 2.24) is 9.78 Å². The fourth-order valence-electron chi connectivity index (χ4n) is 1.39. The highest BCUT2D eigenvalue weighted by atomic mass is 127. The maximum Gasteiger partial charge on any atom is 0.119 e. The van der Waals surface area contributed by atoms with Crippen LogP contribution in [0.3, 0.4) is 0 Å². The highest BCUT2D eigenvalue weighted by molar-refractivity contribution is 14.1. The Morgan fingerprint density at radius 1 is 1.24 bits per heavy atom. The smallest absolute Gasteiger partial charge is 0.119 e. The minimum absolute atomic E-state index is 0.601. The zero-order valence-electron chi connectivity index (χ0n) is 9.47. The van der Waals surface area contributed by atoms with Gasteiger partial charge in [0, 0.05) is 6.20 Å². The van der Waals surface area contributed by atoms with Crippen molar-refractivity contribution in [1.29, 1.82) is 0 Å². The molecule has 0 spiro atoms. The summed E-state index contributed by atoms with van der Waals surface area (Å²) < 4.78 is 13.7. The fourth-order valence-corrected chi connectivity index (χ4v) is 1.84. The topological polar surface area (TPSA) is 36.3 Å². The molecule has 0 N–H and O–H groups in total. The standard InChI is InChI=1S/C12H13IN2O2/c1-16-11-2-4-12(5-3-11)17-7-6-15-9-10(13)8-14-15/h2-5,8-9H,6-7H2,1H3. The van der Waals surface area contributed by atoms with Crippen molar-refractivity contribution < 1.29 is 9.47 Å². The van der Waals surface area contributed by atoms with Crippen LogP contribution >= 0.6 is 22.6 Å². The summed E-state index contributed by atoms with van der Waals surface area (Å²) in [5, 5.41) is 4.18. The van der Waals surface area contributed by atoms with E-state index in [2.05, 4.69) is 27.7 Å². The molecule has 1 aromatic heterocycles. The van der Waals surface area contributed by atoms with Gasteiger partial charge < -0.3 is 9.47 Å². The molecule has 0 saturated heterocycles. The minimum atomic E-state index is 0.601. The van der Waals surface area contributed by atoms with Gasteiger partial charge in [-0.05, 0) is 46.9 Å². The maximum atomic E-state index is 5.60. The van der Waals surface area contributed by atoms with E-state index in [0.29, 0.717) is 6.61 Å². The molecule has 17 heavy (non-hydrogen) atoms. The van der Waals surface area contributed by atoms with Gasteiger partial charge in [0.2, 0.25) is 0 Å². The van der Waals surface area contributed by atoms with Crippen LogP contribution in [0.4, 0.5) is 0 Å². The van der Waals surface area contributed by atoms with Crippen molar-refractivity contribution in [3.8, 4) is 11.5 Å². The van der Waals surface area contributed by atoms with Gasteiger partial charge in [-0.1, -0.05) is 0 Å². The van der Waals surface area contributed by atoms with Crippen LogP contribution in [-0.4, -0.2) is 23.5 Å². The summed E-state index contributed by atoms with van der Waals surface area (Å²) in [6.07, 6.45) is 3.81. The second kappa shape index (κ2) is 5.90. The van der Waals surface area contributed by atoms with Crippen LogP contribution in [0.1, 0.15) is 0 Å². The van der Waals surface area contributed by atoms with Gasteiger partial charge in [-0.3, -0.25) is 4.68 Å². The van der Waals surface area contributed by atoms with Crippen LogP contribution in [0.2, 0.25) is 0 Å². The Hall–Kier alpha value is -1.24. The summed E-state index contributed by atoms with van der Waals surface area (Å²) in [4.78, 5) is 0. The molecule has 2 rings (SSSR count). The lowest BCUT2D eigenvalue weighted by atomic mass is 10.3. The van der Waals surface area contributed by atoms with Crippen molar-refractivity contribution >= 4 is 22.6 Å². The van der Waals surface area contributed by atoms with E-state index in [4.69, 9.17) is 9.47 Å². The lowest BCUT2D eigenvalue weighted by Crippen LogP contribution is -2.08. The van der Waals surface area contributed by atoms with Crippen molar-refractivity contribution in [2.24, 2.45) is 0 Å². The van der Waals surface area contributed by atoms with Gasteiger partial charge in [-0.15, -0.1) is 0 Å². The molecule has 0 unspecified atom stereocenters. The second-order valence-electron chi connectivity index (χ2n) is 3.45. The largest absolute Gasteiger partial charge is 0.497 e. The number of nitrogens with zero attached hydrogens (tertiary/aromatic N) is 2. The lowest BCUT2D eigenvalue weighted by molar-refractivity contribution is 0.290. The molecule has 0 saturated carbocycles. The number of benzene rings is 1. The zero-order valence-corrected chi connectivity index (χ0v) is 11.6. The number of hydrogen-bond donors (Lipinski definition) is 0. The van der Waals surface area contributed by atoms with E-state index in [0.717, 1.165) is 21.6 Å². The number of halogens is 1. The van der Waals surface area contributed by atoms with Gasteiger partial charge in [0.05, 0.1) is 23.4 Å². The van der Waals surface area contributed by atoms with Crippen molar-refractivity contribution in [2.75, 3.05) is 13.7 Å². The van der Waals surface area contributed by atoms with Gasteiger partial charge in [0.15, 0.2) is 0 Å². The van der Waals surface area contributed by atoms with Crippen molar-refractivity contribution in [2.45, 2.75) is 6.54 Å². The third-order valence-electron chi connectivity index (χ3n) is 2.25. The first kappa shape index (κ1) is 12.2. The third-order valence-corrected chi connectivity index (χ3v) is 2.81. The molecule has 0 atom stereocenters. The average Bonchev–Trinajstić information content (AvgIpc) is 2.76. The molecule has 5 heteroatoms. The summed E-state index contributed by atoms with van der Waals surface area (Å²) in [7, 11) is 1.65. The van der Waals surface area contributed by atoms with Gasteiger partial charge >= 0.3 is 0 Å². The average molecular weight is 344 g/mol. The summed E-state index contributed by atoms with van der Waals surface area (Å²) in [5.41, 5.74) is 0. The molecule has 1 aromatic carbocycles. The molecule has 0 amide bonds. The summed E-state index contributed by atoms with van der Waals surface area (Å²) in [6.45, 7) is 1.35. The van der Waals surface area contributed by atoms with Gasteiger partial charge in [-0.2, -0.15) is 5.10 Å². The van der Waals surface area contributed by atoms with Crippen LogP contribution in [0.5, 0.6) is 11.5 Å². The third kappa shape index (κ3) is 3.62. The highest BCUT2D eigenvalue weighted by Crippen LogP contribution is 2.16. The first-order valence-electron chi connectivity index (χ1n) is 5.23. The second-order valence-corrected chi connectivity index (χ2v) is 4.69. The van der Waals surface area contributed by atoms with E-state index >= 15 is 0 Å². The van der Waals surface area contributed by atoms with E-state index in [-0.39, 0.29) is 0 Å². The SMILES string of the molecule is COc1ccc(OCCn2cc(I)cn2)cc1. The Kier molecular flexibility index (Phi) is 4.24. The molecule has 0 aliphatic rings. The zero-order chi connectivity index (χ0) is 12.1. The Bertz CT molecular complexity index is 468. The van der Waals surface area contributed by atoms with E-state index < -0.39 is 0 Å². The van der Waals surface area contributed by atoms with Crippen LogP contribution in [0, 0.1) is 3.57 Å². The number of rotatable bonds is 5. The molecule has 1 heterocycles. The number of methoxy groups -OCH3 is 1. The molecule has 0 bridgehead atoms. The Balaban J connectivity index is 1.81. The van der Waals surface area contributed by atoms with Crippen LogP contribution in [0.25, 0.3) is 0 Å². The van der Waals surface area contributed by atoms with Crippen LogP contribution < -0.4 is 9.47 Å². The fraction of sp³-hybridized carbons (Fsp3) is 0.250. The monoisotopic (exact) mass is 344 g/mol. The molecule has 0 aliphatic carbocycles. The van der Waals surface area contributed by atoms with Crippen molar-refractivity contribution in [3.63, 3.8) is 0 Å². The quantitative estimate of drug-likeness (QED) is 0.783. The molecule has 0 aliphatic heterocycles. The van der Waals surface area contributed by atoms with E-state index in [1.807, 2.05) is 41.3 Å². The summed E-state index contributed by atoms with van der Waals surface area (Å²) in [5.74, 6) is 1.67. The van der Waals surface area contributed by atoms with E-state index in [9.17, 15) is 0 Å². The van der Waals surface area contributed by atoms with Gasteiger partial charge in [-0.25, -0.2) is 0 Å². The number of aromatic nitrogens is 2. The van der Waals surface area contributed by atoms with Gasteiger partial charge in [0.1, 0.15) is 18.1 Å². The maximum absolute atomic E-state index is 5.60.